The summed E-state index contributed by atoms with van der Waals surface area (Å²) in [6.45, 7) is 8.03. The molecule has 1 saturated heterocycles. The second-order valence-electron chi connectivity index (χ2n) is 13.3. The minimum Gasteiger partial charge on any atom is -0.464 e. The predicted octanol–water partition coefficient (Wildman–Crippen LogP) is 2.93. The van der Waals surface area contributed by atoms with Gasteiger partial charge >= 0.3 is 11.9 Å². The van der Waals surface area contributed by atoms with Crippen LogP contribution in [0, 0.1) is 0 Å². The number of nitrogens with zero attached hydrogens (tertiary/aromatic N) is 2. The van der Waals surface area contributed by atoms with Crippen LogP contribution in [0.3, 0.4) is 0 Å². The van der Waals surface area contributed by atoms with Gasteiger partial charge in [0.2, 0.25) is 6.79 Å². The van der Waals surface area contributed by atoms with Crippen molar-refractivity contribution in [2.24, 2.45) is 0 Å². The molecule has 4 atom stereocenters. The van der Waals surface area contributed by atoms with Crippen molar-refractivity contribution >= 4 is 11.9 Å². The normalized spacial score (nSPS) is 26.1. The van der Waals surface area contributed by atoms with Crippen molar-refractivity contribution in [1.82, 2.24) is 9.80 Å². The number of aliphatic hydroxyl groups is 2. The zero-order valence-corrected chi connectivity index (χ0v) is 25.6. The summed E-state index contributed by atoms with van der Waals surface area (Å²) in [7, 11) is 3.74. The number of esters is 2. The fourth-order valence-electron chi connectivity index (χ4n) is 7.13. The van der Waals surface area contributed by atoms with Crippen molar-refractivity contribution in [3.05, 3.63) is 34.9 Å². The van der Waals surface area contributed by atoms with Crippen molar-refractivity contribution in [1.29, 1.82) is 0 Å². The SMILES string of the molecule is CC1=C[C@@]23CCCN2CCc2cc4c(cc2[C@@H]3C1OC(=O)[C@@](O)(CCCC(C)(C)O)CC(=O)OCCN(C)C)OCO4. The van der Waals surface area contributed by atoms with Gasteiger partial charge in [-0.1, -0.05) is 6.08 Å². The van der Waals surface area contributed by atoms with E-state index in [4.69, 9.17) is 18.9 Å². The Morgan fingerprint density at radius 1 is 1.14 bits per heavy atom. The Morgan fingerprint density at radius 3 is 2.60 bits per heavy atom. The van der Waals surface area contributed by atoms with E-state index >= 15 is 0 Å². The second kappa shape index (κ2) is 11.8. The minimum absolute atomic E-state index is 0.0364. The van der Waals surface area contributed by atoms with Crippen molar-refractivity contribution in [2.45, 2.75) is 94.5 Å². The molecule has 5 rings (SSSR count). The maximum atomic E-state index is 14.0. The third-order valence-electron chi connectivity index (χ3n) is 9.21. The van der Waals surface area contributed by atoms with Crippen molar-refractivity contribution < 1.29 is 38.7 Å². The average Bonchev–Trinajstić information content (AvgIpc) is 3.56. The van der Waals surface area contributed by atoms with Crippen LogP contribution in [0.5, 0.6) is 11.5 Å². The number of benzene rings is 1. The van der Waals surface area contributed by atoms with E-state index in [1.54, 1.807) is 13.8 Å². The van der Waals surface area contributed by atoms with Gasteiger partial charge in [0.15, 0.2) is 17.1 Å². The number of hydrogen-bond acceptors (Lipinski definition) is 10. The highest BCUT2D eigenvalue weighted by Gasteiger charge is 2.57. The standard InChI is InChI=1S/C32H46N2O8/c1-21-18-31-10-7-12-34(31)13-8-22-16-24-25(41-20-40-24)17-23(22)27(31)28(21)42-29(36)32(38,11-6-9-30(2,3)37)19-26(35)39-15-14-33(4)5/h16-18,27-28,37-38H,6-15,19-20H2,1-5H3/t27-,28?,31-,32-/m1/s1. The molecule has 0 aromatic heterocycles. The van der Waals surface area contributed by atoms with Crippen molar-refractivity contribution in [2.75, 3.05) is 47.1 Å². The molecule has 1 unspecified atom stereocenters. The van der Waals surface area contributed by atoms with Crippen molar-refractivity contribution in [3.8, 4) is 11.5 Å². The summed E-state index contributed by atoms with van der Waals surface area (Å²) in [5, 5.41) is 22.0. The highest BCUT2D eigenvalue weighted by molar-refractivity contribution is 5.86. The number of ether oxygens (including phenoxy) is 4. The lowest BCUT2D eigenvalue weighted by atomic mass is 9.77. The average molecular weight is 587 g/mol. The molecule has 0 amide bonds. The van der Waals surface area contributed by atoms with E-state index in [0.29, 0.717) is 25.1 Å². The highest BCUT2D eigenvalue weighted by Crippen LogP contribution is 2.55. The van der Waals surface area contributed by atoms with Crippen LogP contribution >= 0.6 is 0 Å². The number of carbonyl (C=O) groups excluding carboxylic acids is 2. The van der Waals surface area contributed by atoms with Crippen LogP contribution in [0.1, 0.15) is 76.3 Å². The van der Waals surface area contributed by atoms with Gasteiger partial charge in [-0.05, 0) is 109 Å². The quantitative estimate of drug-likeness (QED) is 0.296. The Morgan fingerprint density at radius 2 is 1.88 bits per heavy atom. The number of likely N-dealkylation sites (N-methyl/N-ethyl adjacent to an activating group) is 1. The molecule has 1 aliphatic carbocycles. The molecule has 1 aromatic carbocycles. The van der Waals surface area contributed by atoms with Crippen LogP contribution in [0.25, 0.3) is 0 Å². The molecule has 0 radical (unpaired) electrons. The predicted molar refractivity (Wildman–Crippen MR) is 155 cm³/mol. The van der Waals surface area contributed by atoms with E-state index < -0.39 is 35.7 Å². The lowest BCUT2D eigenvalue weighted by Crippen LogP contribution is -2.49. The number of fused-ring (bicyclic) bond motifs is 3. The molecule has 4 aliphatic rings. The molecule has 1 spiro atoms. The van der Waals surface area contributed by atoms with Crippen LogP contribution in [-0.2, 0) is 25.5 Å². The zero-order valence-electron chi connectivity index (χ0n) is 25.6. The molecule has 10 nitrogen and oxygen atoms in total. The van der Waals surface area contributed by atoms with Gasteiger partial charge in [-0.15, -0.1) is 0 Å². The number of hydrogen-bond donors (Lipinski definition) is 2. The van der Waals surface area contributed by atoms with Gasteiger partial charge in [-0.3, -0.25) is 9.69 Å². The van der Waals surface area contributed by atoms with E-state index in [0.717, 1.165) is 54.8 Å². The van der Waals surface area contributed by atoms with E-state index in [1.165, 1.54) is 0 Å². The molecule has 0 saturated carbocycles. The van der Waals surface area contributed by atoms with E-state index in [2.05, 4.69) is 17.0 Å². The molecule has 2 N–H and O–H groups in total. The lowest BCUT2D eigenvalue weighted by molar-refractivity contribution is -0.178. The molecule has 1 fully saturated rings. The highest BCUT2D eigenvalue weighted by atomic mass is 16.7. The van der Waals surface area contributed by atoms with Crippen molar-refractivity contribution in [3.63, 3.8) is 0 Å². The van der Waals surface area contributed by atoms with E-state index in [1.807, 2.05) is 32.0 Å². The topological polar surface area (TPSA) is 118 Å². The third-order valence-corrected chi connectivity index (χ3v) is 9.21. The maximum Gasteiger partial charge on any atom is 0.339 e. The Kier molecular flexibility index (Phi) is 8.64. The Labute approximate surface area is 248 Å². The summed E-state index contributed by atoms with van der Waals surface area (Å²) in [5.74, 6) is -0.273. The van der Waals surface area contributed by atoms with Gasteiger partial charge in [0, 0.05) is 19.0 Å². The lowest BCUT2D eigenvalue weighted by Gasteiger charge is -2.40. The Bertz CT molecular complexity index is 1220. The van der Waals surface area contributed by atoms with Crippen LogP contribution in [-0.4, -0.2) is 102 Å². The first kappa shape index (κ1) is 30.8. The van der Waals surface area contributed by atoms with Crippen LogP contribution in [0.4, 0.5) is 0 Å². The molecule has 1 aromatic rings. The first-order valence-electron chi connectivity index (χ1n) is 15.1. The van der Waals surface area contributed by atoms with Crippen LogP contribution in [0.2, 0.25) is 0 Å². The molecule has 3 heterocycles. The molecule has 42 heavy (non-hydrogen) atoms. The summed E-state index contributed by atoms with van der Waals surface area (Å²) in [6, 6.07) is 4.09. The number of rotatable bonds is 11. The molecular weight excluding hydrogens is 540 g/mol. The molecule has 0 bridgehead atoms. The summed E-state index contributed by atoms with van der Waals surface area (Å²) < 4.78 is 23.0. The fraction of sp³-hybridized carbons (Fsp3) is 0.688. The molecule has 10 heteroatoms. The van der Waals surface area contributed by atoms with Gasteiger partial charge in [0.1, 0.15) is 12.7 Å². The molecule has 3 aliphatic heterocycles. The Hall–Kier alpha value is -2.66. The van der Waals surface area contributed by atoms with E-state index in [-0.39, 0.29) is 31.3 Å². The van der Waals surface area contributed by atoms with Gasteiger partial charge in [0.05, 0.1) is 17.6 Å². The number of carbonyl (C=O) groups is 2. The molecular formula is C32H46N2O8. The molecule has 232 valence electrons. The second-order valence-corrected chi connectivity index (χ2v) is 13.3. The largest absolute Gasteiger partial charge is 0.464 e. The zero-order chi connectivity index (χ0) is 30.3. The third kappa shape index (κ3) is 6.18. The first-order chi connectivity index (χ1) is 19.8. The van der Waals surface area contributed by atoms with Gasteiger partial charge in [0.25, 0.3) is 0 Å². The first-order valence-corrected chi connectivity index (χ1v) is 15.1. The monoisotopic (exact) mass is 586 g/mol. The fourth-order valence-corrected chi connectivity index (χ4v) is 7.13. The smallest absolute Gasteiger partial charge is 0.339 e. The minimum atomic E-state index is -2.09. The van der Waals surface area contributed by atoms with Gasteiger partial charge in [-0.25, -0.2) is 4.79 Å². The summed E-state index contributed by atoms with van der Waals surface area (Å²) in [6.07, 6.45) is 4.58. The summed E-state index contributed by atoms with van der Waals surface area (Å²) in [4.78, 5) is 31.1. The van der Waals surface area contributed by atoms with Crippen LogP contribution < -0.4 is 9.47 Å². The summed E-state index contributed by atoms with van der Waals surface area (Å²) in [5.41, 5.74) is -0.226. The van der Waals surface area contributed by atoms with Crippen LogP contribution in [0.15, 0.2) is 23.8 Å². The maximum absolute atomic E-state index is 14.0. The van der Waals surface area contributed by atoms with Gasteiger partial charge < -0.3 is 34.1 Å². The van der Waals surface area contributed by atoms with E-state index in [9.17, 15) is 19.8 Å². The summed E-state index contributed by atoms with van der Waals surface area (Å²) >= 11 is 0. The Balaban J connectivity index is 1.43. The van der Waals surface area contributed by atoms with Gasteiger partial charge in [-0.2, -0.15) is 0 Å².